The van der Waals surface area contributed by atoms with Crippen molar-refractivity contribution >= 4 is 12.0 Å². The summed E-state index contributed by atoms with van der Waals surface area (Å²) in [4.78, 5) is 11.1. The molecule has 0 radical (unpaired) electrons. The summed E-state index contributed by atoms with van der Waals surface area (Å²) < 4.78 is 34.1. The predicted octanol–water partition coefficient (Wildman–Crippen LogP) is 3.39. The highest BCUT2D eigenvalue weighted by atomic mass is 19.3. The third-order valence-corrected chi connectivity index (χ3v) is 2.07. The molecule has 0 atom stereocenters. The standard InChI is InChI=1S/C14H14F2O3/c1-2-18-14(17)12(13(15)16)19-10-6-9-11-7-4-3-5-8-11/h3-9H,2,10H2,1H3/b9-6+. The van der Waals surface area contributed by atoms with Gasteiger partial charge in [0.05, 0.1) is 6.61 Å². The van der Waals surface area contributed by atoms with Gasteiger partial charge in [0.25, 0.3) is 5.76 Å². The normalized spacial score (nSPS) is 10.3. The van der Waals surface area contributed by atoms with Crippen molar-refractivity contribution in [3.05, 3.63) is 53.8 Å². The molecule has 3 nitrogen and oxygen atoms in total. The van der Waals surface area contributed by atoms with Gasteiger partial charge in [0.1, 0.15) is 6.61 Å². The summed E-state index contributed by atoms with van der Waals surface area (Å²) in [6.45, 7) is 1.40. The predicted molar refractivity (Wildman–Crippen MR) is 67.3 cm³/mol. The van der Waals surface area contributed by atoms with Crippen molar-refractivity contribution in [2.45, 2.75) is 6.92 Å². The van der Waals surface area contributed by atoms with Crippen LogP contribution in [0.1, 0.15) is 12.5 Å². The van der Waals surface area contributed by atoms with Crippen LogP contribution in [0.4, 0.5) is 8.78 Å². The lowest BCUT2D eigenvalue weighted by molar-refractivity contribution is -0.142. The zero-order chi connectivity index (χ0) is 14.1. The monoisotopic (exact) mass is 268 g/mol. The molecule has 0 bridgehead atoms. The van der Waals surface area contributed by atoms with Gasteiger partial charge in [-0.25, -0.2) is 4.79 Å². The Morgan fingerprint density at radius 3 is 2.47 bits per heavy atom. The maximum absolute atomic E-state index is 12.5. The molecule has 1 aromatic rings. The fraction of sp³-hybridized carbons (Fsp3) is 0.214. The minimum atomic E-state index is -2.19. The molecule has 0 unspecified atom stereocenters. The molecule has 0 aliphatic heterocycles. The highest BCUT2D eigenvalue weighted by Crippen LogP contribution is 2.11. The van der Waals surface area contributed by atoms with Crippen LogP contribution in [0.2, 0.25) is 0 Å². The molecule has 0 aliphatic rings. The van der Waals surface area contributed by atoms with E-state index in [-0.39, 0.29) is 13.2 Å². The van der Waals surface area contributed by atoms with E-state index in [1.54, 1.807) is 6.08 Å². The first-order valence-electron chi connectivity index (χ1n) is 5.72. The lowest BCUT2D eigenvalue weighted by atomic mass is 10.2. The van der Waals surface area contributed by atoms with Gasteiger partial charge in [-0.3, -0.25) is 0 Å². The van der Waals surface area contributed by atoms with E-state index in [1.165, 1.54) is 13.0 Å². The molecule has 0 aromatic heterocycles. The van der Waals surface area contributed by atoms with Gasteiger partial charge < -0.3 is 9.47 Å². The van der Waals surface area contributed by atoms with Gasteiger partial charge in [-0.15, -0.1) is 0 Å². The van der Waals surface area contributed by atoms with E-state index in [4.69, 9.17) is 4.74 Å². The molecular weight excluding hydrogens is 254 g/mol. The number of hydrogen-bond donors (Lipinski definition) is 0. The summed E-state index contributed by atoms with van der Waals surface area (Å²) in [5.41, 5.74) is 0.911. The average Bonchev–Trinajstić information content (AvgIpc) is 2.39. The highest BCUT2D eigenvalue weighted by Gasteiger charge is 2.18. The molecule has 0 N–H and O–H groups in total. The van der Waals surface area contributed by atoms with Crippen molar-refractivity contribution in [1.82, 2.24) is 0 Å². The molecule has 0 saturated heterocycles. The van der Waals surface area contributed by atoms with E-state index < -0.39 is 17.8 Å². The van der Waals surface area contributed by atoms with E-state index in [9.17, 15) is 13.6 Å². The number of ether oxygens (including phenoxy) is 2. The highest BCUT2D eigenvalue weighted by molar-refractivity contribution is 5.86. The topological polar surface area (TPSA) is 35.5 Å². The second kappa shape index (κ2) is 8.02. The molecule has 19 heavy (non-hydrogen) atoms. The van der Waals surface area contributed by atoms with Crippen LogP contribution in [-0.2, 0) is 14.3 Å². The quantitative estimate of drug-likeness (QED) is 0.450. The van der Waals surface area contributed by atoms with Crippen molar-refractivity contribution in [3.63, 3.8) is 0 Å². The Morgan fingerprint density at radius 1 is 1.21 bits per heavy atom. The third-order valence-electron chi connectivity index (χ3n) is 2.07. The molecule has 0 aliphatic carbocycles. The Labute approximate surface area is 110 Å². The SMILES string of the molecule is CCOC(=O)C(OC/C=C/c1ccccc1)=C(F)F. The summed E-state index contributed by atoms with van der Waals surface area (Å²) in [7, 11) is 0. The fourth-order valence-corrected chi connectivity index (χ4v) is 1.27. The molecule has 5 heteroatoms. The molecule has 1 rings (SSSR count). The molecule has 0 fully saturated rings. The molecular formula is C14H14F2O3. The maximum Gasteiger partial charge on any atom is 0.379 e. The average molecular weight is 268 g/mol. The van der Waals surface area contributed by atoms with Crippen molar-refractivity contribution in [2.24, 2.45) is 0 Å². The number of hydrogen-bond acceptors (Lipinski definition) is 3. The number of benzene rings is 1. The van der Waals surface area contributed by atoms with Gasteiger partial charge >= 0.3 is 12.0 Å². The summed E-state index contributed by atoms with van der Waals surface area (Å²) in [5.74, 6) is -2.20. The zero-order valence-corrected chi connectivity index (χ0v) is 10.4. The van der Waals surface area contributed by atoms with Gasteiger partial charge in [-0.2, -0.15) is 8.78 Å². The van der Waals surface area contributed by atoms with Gasteiger partial charge in [-0.1, -0.05) is 36.4 Å². The summed E-state index contributed by atoms with van der Waals surface area (Å²) in [5, 5.41) is 0. The first kappa shape index (κ1) is 14.9. The van der Waals surface area contributed by atoms with Gasteiger partial charge in [0.2, 0.25) is 0 Å². The number of halogens is 2. The van der Waals surface area contributed by atoms with Crippen LogP contribution < -0.4 is 0 Å². The lowest BCUT2D eigenvalue weighted by Gasteiger charge is -2.06. The molecule has 1 aromatic carbocycles. The van der Waals surface area contributed by atoms with Crippen LogP contribution in [0.3, 0.4) is 0 Å². The van der Waals surface area contributed by atoms with Crippen LogP contribution in [-0.4, -0.2) is 19.2 Å². The van der Waals surface area contributed by atoms with E-state index in [0.717, 1.165) is 5.56 Å². The van der Waals surface area contributed by atoms with Gasteiger partial charge in [0, 0.05) is 0 Å². The first-order chi connectivity index (χ1) is 9.15. The molecule has 102 valence electrons. The minimum absolute atomic E-state index is 0.0127. The van der Waals surface area contributed by atoms with Crippen molar-refractivity contribution in [2.75, 3.05) is 13.2 Å². The van der Waals surface area contributed by atoms with E-state index in [1.807, 2.05) is 30.3 Å². The fourth-order valence-electron chi connectivity index (χ4n) is 1.27. The zero-order valence-electron chi connectivity index (χ0n) is 10.4. The largest absolute Gasteiger partial charge is 0.479 e. The van der Waals surface area contributed by atoms with Gasteiger partial charge in [0.15, 0.2) is 0 Å². The van der Waals surface area contributed by atoms with Crippen LogP contribution >= 0.6 is 0 Å². The van der Waals surface area contributed by atoms with Crippen LogP contribution in [0, 0.1) is 0 Å². The maximum atomic E-state index is 12.5. The van der Waals surface area contributed by atoms with E-state index in [0.29, 0.717) is 0 Å². The van der Waals surface area contributed by atoms with E-state index in [2.05, 4.69) is 4.74 Å². The summed E-state index contributed by atoms with van der Waals surface area (Å²) in [6, 6.07) is 9.29. The second-order valence-electron chi connectivity index (χ2n) is 3.43. The van der Waals surface area contributed by atoms with E-state index >= 15 is 0 Å². The molecule has 0 amide bonds. The second-order valence-corrected chi connectivity index (χ2v) is 3.43. The lowest BCUT2D eigenvalue weighted by Crippen LogP contribution is -2.11. The Kier molecular flexibility index (Phi) is 6.29. The smallest absolute Gasteiger partial charge is 0.379 e. The molecule has 0 spiro atoms. The minimum Gasteiger partial charge on any atom is -0.479 e. The van der Waals surface area contributed by atoms with Crippen LogP contribution in [0.15, 0.2) is 48.2 Å². The number of carbonyl (C=O) groups excluding carboxylic acids is 1. The molecule has 0 saturated carbocycles. The summed E-state index contributed by atoms with van der Waals surface area (Å²) >= 11 is 0. The van der Waals surface area contributed by atoms with Gasteiger partial charge in [-0.05, 0) is 18.6 Å². The Bertz CT molecular complexity index is 463. The molecule has 0 heterocycles. The Hall–Kier alpha value is -2.17. The van der Waals surface area contributed by atoms with Crippen molar-refractivity contribution < 1.29 is 23.0 Å². The number of esters is 1. The number of carbonyl (C=O) groups is 1. The van der Waals surface area contributed by atoms with Crippen LogP contribution in [0.25, 0.3) is 6.08 Å². The Morgan fingerprint density at radius 2 is 1.89 bits per heavy atom. The summed E-state index contributed by atoms with van der Waals surface area (Å²) in [6.07, 6.45) is 1.06. The number of rotatable bonds is 6. The van der Waals surface area contributed by atoms with Crippen molar-refractivity contribution in [1.29, 1.82) is 0 Å². The van der Waals surface area contributed by atoms with Crippen LogP contribution in [0.5, 0.6) is 0 Å². The van der Waals surface area contributed by atoms with Crippen molar-refractivity contribution in [3.8, 4) is 0 Å². The first-order valence-corrected chi connectivity index (χ1v) is 5.72. The Balaban J connectivity index is 2.53. The third kappa shape index (κ3) is 5.33.